The van der Waals surface area contributed by atoms with E-state index in [1.165, 1.54) is 45.5 Å². The van der Waals surface area contributed by atoms with E-state index in [1.807, 2.05) is 0 Å². The summed E-state index contributed by atoms with van der Waals surface area (Å²) in [6, 6.07) is 7.75. The molecule has 0 saturated carbocycles. The Kier molecular flexibility index (Phi) is 7.45. The number of methoxy groups -OCH3 is 1. The number of carbonyl (C=O) groups is 1. The number of nitrogens with zero attached hydrogens (tertiary/aromatic N) is 1. The van der Waals surface area contributed by atoms with Crippen LogP contribution in [0.15, 0.2) is 47.4 Å². The quantitative estimate of drug-likeness (QED) is 0.630. The van der Waals surface area contributed by atoms with Gasteiger partial charge in [-0.1, -0.05) is 0 Å². The van der Waals surface area contributed by atoms with E-state index >= 15 is 0 Å². The zero-order valence-electron chi connectivity index (χ0n) is 16.5. The summed E-state index contributed by atoms with van der Waals surface area (Å²) in [6.07, 6.45) is -4.60. The Morgan fingerprint density at radius 1 is 1.07 bits per heavy atom. The highest BCUT2D eigenvalue weighted by molar-refractivity contribution is 7.89. The van der Waals surface area contributed by atoms with E-state index < -0.39 is 27.7 Å². The Balaban J connectivity index is 2.29. The average Bonchev–Trinajstić information content (AvgIpc) is 2.68. The third-order valence-corrected chi connectivity index (χ3v) is 5.82. The first kappa shape index (κ1) is 23.6. The van der Waals surface area contributed by atoms with Gasteiger partial charge in [0.1, 0.15) is 12.4 Å². The van der Waals surface area contributed by atoms with Gasteiger partial charge in [-0.05, 0) is 42.5 Å². The zero-order chi connectivity index (χ0) is 22.5. The first-order valence-electron chi connectivity index (χ1n) is 8.63. The SMILES string of the molecule is COCCOc1ccc(C(F)(F)F)cc1NC(=O)c1ccc(S(=O)(=O)N(C)C)cc1. The molecule has 0 atom stereocenters. The molecule has 0 heterocycles. The molecule has 2 aromatic carbocycles. The van der Waals surface area contributed by atoms with Gasteiger partial charge in [-0.3, -0.25) is 4.79 Å². The van der Waals surface area contributed by atoms with Crippen molar-refractivity contribution in [2.24, 2.45) is 0 Å². The lowest BCUT2D eigenvalue weighted by atomic mass is 10.1. The lowest BCUT2D eigenvalue weighted by Crippen LogP contribution is -2.22. The number of ether oxygens (including phenoxy) is 2. The summed E-state index contributed by atoms with van der Waals surface area (Å²) >= 11 is 0. The number of amides is 1. The molecule has 1 amide bonds. The molecule has 2 rings (SSSR count). The van der Waals surface area contributed by atoms with Crippen LogP contribution < -0.4 is 10.1 Å². The zero-order valence-corrected chi connectivity index (χ0v) is 17.3. The number of halogens is 3. The van der Waals surface area contributed by atoms with E-state index in [9.17, 15) is 26.4 Å². The van der Waals surface area contributed by atoms with Crippen molar-refractivity contribution in [2.75, 3.05) is 39.7 Å². The van der Waals surface area contributed by atoms with Gasteiger partial charge in [0.15, 0.2) is 0 Å². The molecule has 0 fully saturated rings. The molecule has 0 saturated heterocycles. The van der Waals surface area contributed by atoms with Gasteiger partial charge in [0, 0.05) is 26.8 Å². The Morgan fingerprint density at radius 3 is 2.23 bits per heavy atom. The minimum atomic E-state index is -4.60. The minimum absolute atomic E-state index is 0.0216. The molecule has 2 aromatic rings. The first-order valence-corrected chi connectivity index (χ1v) is 10.1. The molecule has 0 spiro atoms. The predicted molar refractivity (Wildman–Crippen MR) is 104 cm³/mol. The number of carbonyl (C=O) groups excluding carboxylic acids is 1. The summed E-state index contributed by atoms with van der Waals surface area (Å²) in [5, 5.41) is 2.38. The van der Waals surface area contributed by atoms with Crippen molar-refractivity contribution in [2.45, 2.75) is 11.1 Å². The van der Waals surface area contributed by atoms with Crippen LogP contribution in [0.1, 0.15) is 15.9 Å². The van der Waals surface area contributed by atoms with E-state index in [0.29, 0.717) is 0 Å². The summed E-state index contributed by atoms with van der Waals surface area (Å²) in [5.74, 6) is -0.681. The normalized spacial score (nSPS) is 12.1. The third-order valence-electron chi connectivity index (χ3n) is 4.00. The predicted octanol–water partition coefficient (Wildman–Crippen LogP) is 3.23. The molecule has 0 unspecified atom stereocenters. The van der Waals surface area contributed by atoms with Crippen molar-refractivity contribution in [1.82, 2.24) is 4.31 Å². The largest absolute Gasteiger partial charge is 0.489 e. The van der Waals surface area contributed by atoms with Crippen molar-refractivity contribution < 1.29 is 35.9 Å². The number of hydrogen-bond donors (Lipinski definition) is 1. The molecular formula is C19H21F3N2O5S. The molecule has 1 N–H and O–H groups in total. The van der Waals surface area contributed by atoms with Gasteiger partial charge >= 0.3 is 6.18 Å². The first-order chi connectivity index (χ1) is 14.0. The van der Waals surface area contributed by atoms with Gasteiger partial charge in [0.2, 0.25) is 10.0 Å². The number of alkyl halides is 3. The van der Waals surface area contributed by atoms with Crippen LogP contribution in [0.2, 0.25) is 0 Å². The van der Waals surface area contributed by atoms with Gasteiger partial charge in [-0.25, -0.2) is 12.7 Å². The second kappa shape index (κ2) is 9.45. The summed E-state index contributed by atoms with van der Waals surface area (Å²) in [6.45, 7) is 0.276. The number of anilines is 1. The molecule has 0 aliphatic heterocycles. The van der Waals surface area contributed by atoms with Crippen LogP contribution in [0.25, 0.3) is 0 Å². The fraction of sp³-hybridized carbons (Fsp3) is 0.316. The lowest BCUT2D eigenvalue weighted by Gasteiger charge is -2.15. The fourth-order valence-corrected chi connectivity index (χ4v) is 3.25. The third kappa shape index (κ3) is 5.71. The van der Waals surface area contributed by atoms with E-state index in [1.54, 1.807) is 0 Å². The number of hydrogen-bond acceptors (Lipinski definition) is 5. The molecular weight excluding hydrogens is 425 g/mol. The van der Waals surface area contributed by atoms with Crippen molar-refractivity contribution in [3.63, 3.8) is 0 Å². The summed E-state index contributed by atoms with van der Waals surface area (Å²) < 4.78 is 74.6. The molecule has 7 nitrogen and oxygen atoms in total. The average molecular weight is 446 g/mol. The number of benzene rings is 2. The number of sulfonamides is 1. The van der Waals surface area contributed by atoms with E-state index in [0.717, 1.165) is 22.5 Å². The monoisotopic (exact) mass is 446 g/mol. The topological polar surface area (TPSA) is 84.9 Å². The Labute approximate surface area is 172 Å². The summed E-state index contributed by atoms with van der Waals surface area (Å²) in [7, 11) is 0.508. The van der Waals surface area contributed by atoms with Crippen molar-refractivity contribution >= 4 is 21.6 Å². The van der Waals surface area contributed by atoms with Crippen molar-refractivity contribution in [1.29, 1.82) is 0 Å². The highest BCUT2D eigenvalue weighted by Gasteiger charge is 2.31. The van der Waals surface area contributed by atoms with Crippen LogP contribution >= 0.6 is 0 Å². The molecule has 11 heteroatoms. The van der Waals surface area contributed by atoms with Gasteiger partial charge in [-0.2, -0.15) is 13.2 Å². The van der Waals surface area contributed by atoms with Gasteiger partial charge in [0.05, 0.1) is 22.8 Å². The maximum Gasteiger partial charge on any atom is 0.416 e. The van der Waals surface area contributed by atoms with E-state index in [-0.39, 0.29) is 35.1 Å². The number of rotatable bonds is 8. The van der Waals surface area contributed by atoms with Crippen molar-refractivity contribution in [3.8, 4) is 5.75 Å². The fourth-order valence-electron chi connectivity index (χ4n) is 2.35. The van der Waals surface area contributed by atoms with Crippen LogP contribution in [0, 0.1) is 0 Å². The van der Waals surface area contributed by atoms with Crippen molar-refractivity contribution in [3.05, 3.63) is 53.6 Å². The standard InChI is InChI=1S/C19H21F3N2O5S/c1-24(2)30(26,27)15-7-4-13(5-8-15)18(25)23-16-12-14(19(20,21)22)6-9-17(16)29-11-10-28-3/h4-9,12H,10-11H2,1-3H3,(H,23,25). The Hall–Kier alpha value is -2.63. The lowest BCUT2D eigenvalue weighted by molar-refractivity contribution is -0.137. The molecule has 0 bridgehead atoms. The van der Waals surface area contributed by atoms with Gasteiger partial charge < -0.3 is 14.8 Å². The minimum Gasteiger partial charge on any atom is -0.489 e. The molecule has 30 heavy (non-hydrogen) atoms. The molecule has 0 aliphatic carbocycles. The number of nitrogens with one attached hydrogen (secondary N) is 1. The van der Waals surface area contributed by atoms with Crippen LogP contribution in [-0.2, 0) is 20.9 Å². The second-order valence-electron chi connectivity index (χ2n) is 6.32. The molecule has 0 radical (unpaired) electrons. The smallest absolute Gasteiger partial charge is 0.416 e. The van der Waals surface area contributed by atoms with Crippen LogP contribution in [-0.4, -0.2) is 53.0 Å². The van der Waals surface area contributed by atoms with Crippen LogP contribution in [0.5, 0.6) is 5.75 Å². The van der Waals surface area contributed by atoms with Gasteiger partial charge in [0.25, 0.3) is 5.91 Å². The highest BCUT2D eigenvalue weighted by atomic mass is 32.2. The molecule has 0 aromatic heterocycles. The highest BCUT2D eigenvalue weighted by Crippen LogP contribution is 2.35. The Bertz CT molecular complexity index is 990. The Morgan fingerprint density at radius 2 is 1.70 bits per heavy atom. The van der Waals surface area contributed by atoms with Gasteiger partial charge in [-0.15, -0.1) is 0 Å². The van der Waals surface area contributed by atoms with Crippen LogP contribution in [0.3, 0.4) is 0 Å². The maximum atomic E-state index is 13.1. The second-order valence-corrected chi connectivity index (χ2v) is 8.47. The van der Waals surface area contributed by atoms with E-state index in [4.69, 9.17) is 9.47 Å². The molecule has 164 valence electrons. The summed E-state index contributed by atoms with van der Waals surface area (Å²) in [4.78, 5) is 12.5. The maximum absolute atomic E-state index is 13.1. The van der Waals surface area contributed by atoms with Crippen LogP contribution in [0.4, 0.5) is 18.9 Å². The van der Waals surface area contributed by atoms with E-state index in [2.05, 4.69) is 5.32 Å². The summed E-state index contributed by atoms with van der Waals surface area (Å²) in [5.41, 5.74) is -1.06. The molecule has 0 aliphatic rings.